The van der Waals surface area contributed by atoms with Gasteiger partial charge in [0.05, 0.1) is 9.40 Å². The molecule has 23 heavy (non-hydrogen) atoms. The van der Waals surface area contributed by atoms with Gasteiger partial charge in [0.15, 0.2) is 0 Å². The molecule has 5 nitrogen and oxygen atoms in total. The average Bonchev–Trinajstić information content (AvgIpc) is 2.53. The fourth-order valence-corrected chi connectivity index (χ4v) is 3.52. The minimum absolute atomic E-state index is 0.108. The maximum atomic E-state index is 12.8. The van der Waals surface area contributed by atoms with E-state index in [9.17, 15) is 14.9 Å². The van der Waals surface area contributed by atoms with E-state index in [1.54, 1.807) is 11.0 Å². The molecule has 0 aliphatic carbocycles. The van der Waals surface area contributed by atoms with Gasteiger partial charge in [-0.1, -0.05) is 15.9 Å². The van der Waals surface area contributed by atoms with Gasteiger partial charge < -0.3 is 4.90 Å². The molecule has 1 amide bonds. The number of aryl methyl sites for hydroxylation is 1. The molecule has 2 aromatic carbocycles. The Bertz CT molecular complexity index is 808. The van der Waals surface area contributed by atoms with Crippen LogP contribution < -0.4 is 4.90 Å². The number of carbonyl (C=O) groups excluding carboxylic acids is 1. The Morgan fingerprint density at radius 1 is 1.17 bits per heavy atom. The summed E-state index contributed by atoms with van der Waals surface area (Å²) in [6.07, 6.45) is 1.78. The number of nitrogens with zero attached hydrogens (tertiary/aromatic N) is 2. The zero-order chi connectivity index (χ0) is 16.6. The van der Waals surface area contributed by atoms with Crippen LogP contribution in [0.2, 0.25) is 0 Å². The smallest absolute Gasteiger partial charge is 0.284 e. The molecule has 3 rings (SSSR count). The Kier molecular flexibility index (Phi) is 4.50. The fourth-order valence-electron chi connectivity index (χ4n) is 2.72. The SMILES string of the molecule is O=C(c1ccc(Br)c([N+](=O)[O-])c1)N1CCCc2cc(Br)ccc21. The van der Waals surface area contributed by atoms with Gasteiger partial charge in [-0.25, -0.2) is 0 Å². The van der Waals surface area contributed by atoms with Crippen LogP contribution in [-0.2, 0) is 6.42 Å². The van der Waals surface area contributed by atoms with Gasteiger partial charge in [0.1, 0.15) is 0 Å². The lowest BCUT2D eigenvalue weighted by Gasteiger charge is -2.29. The Morgan fingerprint density at radius 3 is 2.70 bits per heavy atom. The highest BCUT2D eigenvalue weighted by molar-refractivity contribution is 9.10. The summed E-state index contributed by atoms with van der Waals surface area (Å²) in [6, 6.07) is 10.3. The van der Waals surface area contributed by atoms with Crippen molar-refractivity contribution in [2.75, 3.05) is 11.4 Å². The highest BCUT2D eigenvalue weighted by Crippen LogP contribution is 2.32. The first kappa shape index (κ1) is 16.1. The van der Waals surface area contributed by atoms with Crippen molar-refractivity contribution in [1.29, 1.82) is 0 Å². The number of rotatable bonds is 2. The van der Waals surface area contributed by atoms with Gasteiger partial charge in [-0.15, -0.1) is 0 Å². The van der Waals surface area contributed by atoms with Crippen molar-refractivity contribution < 1.29 is 9.72 Å². The van der Waals surface area contributed by atoms with Crippen LogP contribution >= 0.6 is 31.9 Å². The molecular formula is C16H12Br2N2O3. The summed E-state index contributed by atoms with van der Waals surface area (Å²) >= 11 is 6.58. The summed E-state index contributed by atoms with van der Waals surface area (Å²) in [7, 11) is 0. The molecule has 1 aliphatic rings. The summed E-state index contributed by atoms with van der Waals surface area (Å²) < 4.78 is 1.34. The molecule has 0 spiro atoms. The van der Waals surface area contributed by atoms with E-state index in [1.807, 2.05) is 18.2 Å². The first-order valence-corrected chi connectivity index (χ1v) is 8.60. The Balaban J connectivity index is 1.99. The number of nitro benzene ring substituents is 1. The lowest BCUT2D eigenvalue weighted by molar-refractivity contribution is -0.385. The van der Waals surface area contributed by atoms with E-state index in [-0.39, 0.29) is 11.6 Å². The van der Waals surface area contributed by atoms with Gasteiger partial charge in [-0.3, -0.25) is 14.9 Å². The van der Waals surface area contributed by atoms with E-state index >= 15 is 0 Å². The maximum absolute atomic E-state index is 12.8. The summed E-state index contributed by atoms with van der Waals surface area (Å²) in [5, 5.41) is 11.1. The summed E-state index contributed by atoms with van der Waals surface area (Å²) in [4.78, 5) is 25.1. The van der Waals surface area contributed by atoms with E-state index in [1.165, 1.54) is 12.1 Å². The number of nitro groups is 1. The number of hydrogen-bond donors (Lipinski definition) is 0. The molecule has 1 aliphatic heterocycles. The Hall–Kier alpha value is -1.73. The van der Waals surface area contributed by atoms with E-state index < -0.39 is 4.92 Å². The quantitative estimate of drug-likeness (QED) is 0.502. The number of fused-ring (bicyclic) bond motifs is 1. The third-order valence-corrected chi connectivity index (χ3v) is 4.96. The second-order valence-corrected chi connectivity index (χ2v) is 7.03. The van der Waals surface area contributed by atoms with Crippen molar-refractivity contribution in [3.8, 4) is 0 Å². The van der Waals surface area contributed by atoms with Gasteiger partial charge in [0, 0.05) is 28.3 Å². The van der Waals surface area contributed by atoms with E-state index in [0.717, 1.165) is 28.6 Å². The summed E-state index contributed by atoms with van der Waals surface area (Å²) in [6.45, 7) is 0.608. The van der Waals surface area contributed by atoms with Gasteiger partial charge in [0.25, 0.3) is 11.6 Å². The molecule has 0 radical (unpaired) electrons. The average molecular weight is 440 g/mol. The van der Waals surface area contributed by atoms with Crippen molar-refractivity contribution >= 4 is 49.1 Å². The van der Waals surface area contributed by atoms with Gasteiger partial charge in [0.2, 0.25) is 0 Å². The zero-order valence-electron chi connectivity index (χ0n) is 12.0. The molecule has 0 atom stereocenters. The molecule has 2 aromatic rings. The van der Waals surface area contributed by atoms with Crippen molar-refractivity contribution in [2.24, 2.45) is 0 Å². The van der Waals surface area contributed by atoms with Crippen LogP contribution in [0.25, 0.3) is 0 Å². The second-order valence-electron chi connectivity index (χ2n) is 5.26. The molecule has 0 fully saturated rings. The van der Waals surface area contributed by atoms with Gasteiger partial charge in [-0.2, -0.15) is 0 Å². The predicted octanol–water partition coefficient (Wildman–Crippen LogP) is 4.71. The summed E-state index contributed by atoms with van der Waals surface area (Å²) in [5.74, 6) is -0.219. The van der Waals surface area contributed by atoms with Gasteiger partial charge in [-0.05, 0) is 64.7 Å². The van der Waals surface area contributed by atoms with Crippen LogP contribution in [0, 0.1) is 10.1 Å². The van der Waals surface area contributed by atoms with Crippen molar-refractivity contribution in [1.82, 2.24) is 0 Å². The number of hydrogen-bond acceptors (Lipinski definition) is 3. The molecule has 7 heteroatoms. The molecule has 0 saturated carbocycles. The number of benzene rings is 2. The topological polar surface area (TPSA) is 63.4 Å². The molecule has 0 N–H and O–H groups in total. The maximum Gasteiger partial charge on any atom is 0.284 e. The third-order valence-electron chi connectivity index (χ3n) is 3.80. The molecule has 0 aromatic heterocycles. The number of amides is 1. The minimum atomic E-state index is -0.498. The third kappa shape index (κ3) is 3.16. The lowest BCUT2D eigenvalue weighted by atomic mass is 10.0. The minimum Gasteiger partial charge on any atom is -0.308 e. The molecule has 1 heterocycles. The van der Waals surface area contributed by atoms with Crippen molar-refractivity contribution in [3.05, 3.63) is 66.6 Å². The highest BCUT2D eigenvalue weighted by atomic mass is 79.9. The van der Waals surface area contributed by atoms with Crippen LogP contribution in [0.5, 0.6) is 0 Å². The number of anilines is 1. The first-order valence-electron chi connectivity index (χ1n) is 7.01. The van der Waals surface area contributed by atoms with E-state index in [4.69, 9.17) is 0 Å². The summed E-state index contributed by atoms with van der Waals surface area (Å²) in [5.41, 5.74) is 2.18. The number of carbonyl (C=O) groups is 1. The molecule has 0 saturated heterocycles. The molecule has 0 unspecified atom stereocenters. The second kappa shape index (κ2) is 6.41. The lowest BCUT2D eigenvalue weighted by Crippen LogP contribution is -2.35. The first-order chi connectivity index (χ1) is 11.0. The van der Waals surface area contributed by atoms with E-state index in [0.29, 0.717) is 16.6 Å². The molecule has 0 bridgehead atoms. The van der Waals surface area contributed by atoms with Crippen LogP contribution in [0.1, 0.15) is 22.3 Å². The molecular weight excluding hydrogens is 428 g/mol. The van der Waals surface area contributed by atoms with E-state index in [2.05, 4.69) is 31.9 Å². The highest BCUT2D eigenvalue weighted by Gasteiger charge is 2.25. The van der Waals surface area contributed by atoms with Gasteiger partial charge >= 0.3 is 0 Å². The normalized spacial score (nSPS) is 13.6. The van der Waals surface area contributed by atoms with Crippen molar-refractivity contribution in [2.45, 2.75) is 12.8 Å². The number of halogens is 2. The van der Waals surface area contributed by atoms with Crippen LogP contribution in [-0.4, -0.2) is 17.4 Å². The monoisotopic (exact) mass is 438 g/mol. The Morgan fingerprint density at radius 2 is 1.96 bits per heavy atom. The van der Waals surface area contributed by atoms with Crippen LogP contribution in [0.15, 0.2) is 45.3 Å². The Labute approximate surface area is 149 Å². The largest absolute Gasteiger partial charge is 0.308 e. The van der Waals surface area contributed by atoms with Crippen LogP contribution in [0.3, 0.4) is 0 Å². The van der Waals surface area contributed by atoms with Crippen LogP contribution in [0.4, 0.5) is 11.4 Å². The fraction of sp³-hybridized carbons (Fsp3) is 0.188. The van der Waals surface area contributed by atoms with Crippen molar-refractivity contribution in [3.63, 3.8) is 0 Å². The standard InChI is InChI=1S/C16H12Br2N2O3/c17-12-4-6-14-10(8-12)2-1-7-19(14)16(21)11-3-5-13(18)15(9-11)20(22)23/h3-6,8-9H,1-2,7H2. The molecule has 118 valence electrons. The predicted molar refractivity (Wildman–Crippen MR) is 94.9 cm³/mol. The zero-order valence-corrected chi connectivity index (χ0v) is 15.1.